The summed E-state index contributed by atoms with van der Waals surface area (Å²) < 4.78 is 4.97. The Bertz CT molecular complexity index is 666. The molecule has 0 aliphatic heterocycles. The summed E-state index contributed by atoms with van der Waals surface area (Å²) in [6, 6.07) is 13.9. The van der Waals surface area contributed by atoms with E-state index in [1.807, 2.05) is 24.3 Å². The van der Waals surface area contributed by atoms with Gasteiger partial charge in [-0.1, -0.05) is 25.1 Å². The van der Waals surface area contributed by atoms with Gasteiger partial charge in [0.25, 0.3) is 0 Å². The number of carbonyl (C=O) groups excluding carboxylic acids is 2. The third-order valence-corrected chi connectivity index (χ3v) is 2.97. The highest BCUT2D eigenvalue weighted by Gasteiger charge is 2.05. The van der Waals surface area contributed by atoms with Crippen LogP contribution in [0.2, 0.25) is 0 Å². The highest BCUT2D eigenvalue weighted by Crippen LogP contribution is 2.18. The van der Waals surface area contributed by atoms with Crippen molar-refractivity contribution in [3.8, 4) is 5.75 Å². The van der Waals surface area contributed by atoms with Crippen molar-refractivity contribution in [1.29, 1.82) is 0 Å². The number of carbonyl (C=O) groups is 2. The zero-order valence-corrected chi connectivity index (χ0v) is 12.6. The maximum absolute atomic E-state index is 11.9. The summed E-state index contributed by atoms with van der Waals surface area (Å²) in [6.45, 7) is 3.40. The van der Waals surface area contributed by atoms with E-state index < -0.39 is 5.97 Å². The van der Waals surface area contributed by atoms with Gasteiger partial charge in [-0.05, 0) is 36.2 Å². The van der Waals surface area contributed by atoms with Crippen LogP contribution in [0.25, 0.3) is 0 Å². The van der Waals surface area contributed by atoms with Crippen molar-refractivity contribution < 1.29 is 14.3 Å². The van der Waals surface area contributed by atoms with Crippen LogP contribution in [0.15, 0.2) is 48.5 Å². The van der Waals surface area contributed by atoms with Gasteiger partial charge in [-0.2, -0.15) is 0 Å². The molecule has 5 heteroatoms. The third kappa shape index (κ3) is 4.63. The molecule has 0 atom stereocenters. The third-order valence-electron chi connectivity index (χ3n) is 2.97. The van der Waals surface area contributed by atoms with E-state index in [0.717, 1.165) is 6.42 Å². The summed E-state index contributed by atoms with van der Waals surface area (Å²) in [5, 5.41) is 5.44. The van der Waals surface area contributed by atoms with Crippen molar-refractivity contribution in [2.45, 2.75) is 20.3 Å². The number of rotatable bonds is 4. The molecule has 0 unspecified atom stereocenters. The Hall–Kier alpha value is -2.82. The largest absolute Gasteiger partial charge is 0.427 e. The van der Waals surface area contributed by atoms with E-state index in [2.05, 4.69) is 17.6 Å². The van der Waals surface area contributed by atoms with Gasteiger partial charge >= 0.3 is 12.0 Å². The minimum absolute atomic E-state index is 0.357. The van der Waals surface area contributed by atoms with E-state index in [4.69, 9.17) is 4.74 Å². The molecule has 0 saturated carbocycles. The summed E-state index contributed by atoms with van der Waals surface area (Å²) in [6.07, 6.45) is 0.954. The highest BCUT2D eigenvalue weighted by atomic mass is 16.5. The Labute approximate surface area is 129 Å². The second-order valence-corrected chi connectivity index (χ2v) is 4.75. The number of aryl methyl sites for hydroxylation is 1. The lowest BCUT2D eigenvalue weighted by Gasteiger charge is -2.09. The molecule has 0 saturated heterocycles. The highest BCUT2D eigenvalue weighted by molar-refractivity contribution is 5.99. The zero-order valence-electron chi connectivity index (χ0n) is 12.6. The van der Waals surface area contributed by atoms with E-state index >= 15 is 0 Å². The van der Waals surface area contributed by atoms with Crippen molar-refractivity contribution in [3.05, 3.63) is 54.1 Å². The van der Waals surface area contributed by atoms with Gasteiger partial charge in [0.1, 0.15) is 5.75 Å². The Morgan fingerprint density at radius 3 is 2.32 bits per heavy atom. The molecule has 114 valence electrons. The molecule has 0 fully saturated rings. The minimum Gasteiger partial charge on any atom is -0.427 e. The lowest BCUT2D eigenvalue weighted by molar-refractivity contribution is -0.131. The van der Waals surface area contributed by atoms with Gasteiger partial charge in [0.05, 0.1) is 0 Å². The maximum atomic E-state index is 11.9. The molecule has 0 heterocycles. The normalized spacial score (nSPS) is 9.91. The number of urea groups is 1. The van der Waals surface area contributed by atoms with Gasteiger partial charge in [0, 0.05) is 24.4 Å². The molecule has 0 radical (unpaired) electrons. The molecule has 0 aliphatic rings. The standard InChI is InChI=1S/C17H18N2O3/c1-3-13-7-9-14(10-8-13)18-17(21)19-15-5-4-6-16(11-15)22-12(2)20/h4-11H,3H2,1-2H3,(H2,18,19,21). The fourth-order valence-corrected chi connectivity index (χ4v) is 1.92. The van der Waals surface area contributed by atoms with Crippen molar-refractivity contribution in [2.24, 2.45) is 0 Å². The van der Waals surface area contributed by atoms with Crippen LogP contribution < -0.4 is 15.4 Å². The lowest BCUT2D eigenvalue weighted by Crippen LogP contribution is -2.19. The van der Waals surface area contributed by atoms with Crippen LogP contribution in [0.3, 0.4) is 0 Å². The van der Waals surface area contributed by atoms with Gasteiger partial charge in [0.15, 0.2) is 0 Å². The molecule has 5 nitrogen and oxygen atoms in total. The number of amides is 2. The SMILES string of the molecule is CCc1ccc(NC(=O)Nc2cccc(OC(C)=O)c2)cc1. The minimum atomic E-state index is -0.405. The smallest absolute Gasteiger partial charge is 0.323 e. The Morgan fingerprint density at radius 1 is 1.00 bits per heavy atom. The predicted octanol–water partition coefficient (Wildman–Crippen LogP) is 3.82. The molecule has 2 aromatic carbocycles. The van der Waals surface area contributed by atoms with Gasteiger partial charge in [-0.3, -0.25) is 4.79 Å². The molecule has 2 rings (SSSR count). The topological polar surface area (TPSA) is 67.4 Å². The first kappa shape index (κ1) is 15.6. The Kier molecular flexibility index (Phi) is 5.14. The Morgan fingerprint density at radius 2 is 1.68 bits per heavy atom. The molecule has 22 heavy (non-hydrogen) atoms. The van der Waals surface area contributed by atoms with Gasteiger partial charge < -0.3 is 15.4 Å². The van der Waals surface area contributed by atoms with E-state index in [9.17, 15) is 9.59 Å². The van der Waals surface area contributed by atoms with Crippen molar-refractivity contribution in [3.63, 3.8) is 0 Å². The first-order valence-electron chi connectivity index (χ1n) is 7.02. The van der Waals surface area contributed by atoms with Crippen LogP contribution in [0.5, 0.6) is 5.75 Å². The molecule has 2 aromatic rings. The van der Waals surface area contributed by atoms with Crippen molar-refractivity contribution in [2.75, 3.05) is 10.6 Å². The number of esters is 1. The maximum Gasteiger partial charge on any atom is 0.323 e. The average molecular weight is 298 g/mol. The zero-order chi connectivity index (χ0) is 15.9. The van der Waals surface area contributed by atoms with Crippen LogP contribution in [0.4, 0.5) is 16.2 Å². The first-order valence-corrected chi connectivity index (χ1v) is 7.02. The van der Waals surface area contributed by atoms with Gasteiger partial charge in [0.2, 0.25) is 0 Å². The quantitative estimate of drug-likeness (QED) is 0.666. The van der Waals surface area contributed by atoms with Crippen molar-refractivity contribution in [1.82, 2.24) is 0 Å². The van der Waals surface area contributed by atoms with Gasteiger partial charge in [-0.25, -0.2) is 4.79 Å². The Balaban J connectivity index is 1.97. The fourth-order valence-electron chi connectivity index (χ4n) is 1.92. The second kappa shape index (κ2) is 7.26. The first-order chi connectivity index (χ1) is 10.6. The fraction of sp³-hybridized carbons (Fsp3) is 0.176. The monoisotopic (exact) mass is 298 g/mol. The van der Waals surface area contributed by atoms with E-state index in [1.54, 1.807) is 24.3 Å². The molecule has 0 aromatic heterocycles. The van der Waals surface area contributed by atoms with Crippen LogP contribution in [0, 0.1) is 0 Å². The summed E-state index contributed by atoms with van der Waals surface area (Å²) in [5.74, 6) is -0.0183. The molecule has 0 bridgehead atoms. The summed E-state index contributed by atoms with van der Waals surface area (Å²) >= 11 is 0. The van der Waals surface area contributed by atoms with Crippen LogP contribution in [-0.4, -0.2) is 12.0 Å². The van der Waals surface area contributed by atoms with Crippen molar-refractivity contribution >= 4 is 23.4 Å². The molecule has 2 N–H and O–H groups in total. The van der Waals surface area contributed by atoms with Gasteiger partial charge in [-0.15, -0.1) is 0 Å². The van der Waals surface area contributed by atoms with E-state index in [1.165, 1.54) is 12.5 Å². The summed E-state index contributed by atoms with van der Waals surface area (Å²) in [5.41, 5.74) is 2.47. The number of nitrogens with one attached hydrogen (secondary N) is 2. The summed E-state index contributed by atoms with van der Waals surface area (Å²) in [4.78, 5) is 22.9. The molecular formula is C17H18N2O3. The lowest BCUT2D eigenvalue weighted by atomic mass is 10.1. The number of ether oxygens (including phenoxy) is 1. The average Bonchev–Trinajstić information content (AvgIpc) is 2.47. The molecular weight excluding hydrogens is 280 g/mol. The predicted molar refractivity (Wildman–Crippen MR) is 86.2 cm³/mol. The molecule has 0 aliphatic carbocycles. The molecule has 2 amide bonds. The summed E-state index contributed by atoms with van der Waals surface area (Å²) in [7, 11) is 0. The molecule has 0 spiro atoms. The van der Waals surface area contributed by atoms with E-state index in [0.29, 0.717) is 17.1 Å². The second-order valence-electron chi connectivity index (χ2n) is 4.75. The number of hydrogen-bond acceptors (Lipinski definition) is 3. The van der Waals surface area contributed by atoms with Crippen LogP contribution in [0.1, 0.15) is 19.4 Å². The van der Waals surface area contributed by atoms with Crippen LogP contribution in [-0.2, 0) is 11.2 Å². The van der Waals surface area contributed by atoms with Crippen LogP contribution >= 0.6 is 0 Å². The van der Waals surface area contributed by atoms with E-state index in [-0.39, 0.29) is 6.03 Å². The number of hydrogen-bond donors (Lipinski definition) is 2. The number of benzene rings is 2. The number of anilines is 2.